The number of ether oxygens (including phenoxy) is 2. The van der Waals surface area contributed by atoms with Gasteiger partial charge in [-0.3, -0.25) is 0 Å². The topological polar surface area (TPSA) is 55.8 Å². The van der Waals surface area contributed by atoms with Crippen LogP contribution >= 0.6 is 0 Å². The molecule has 0 aromatic heterocycles. The quantitative estimate of drug-likeness (QED) is 0.789. The maximum absolute atomic E-state index is 11.2. The van der Waals surface area contributed by atoms with Gasteiger partial charge in [0.25, 0.3) is 0 Å². The number of carbonyl (C=O) groups is 1. The maximum Gasteiger partial charge on any atom is 0.339 e. The number of aliphatic hydroxyl groups excluding tert-OH is 1. The van der Waals surface area contributed by atoms with Crippen molar-refractivity contribution in [2.24, 2.45) is 0 Å². The summed E-state index contributed by atoms with van der Waals surface area (Å²) in [6.45, 7) is 1.94. The fourth-order valence-electron chi connectivity index (χ4n) is 1.31. The second kappa shape index (κ2) is 6.70. The first kappa shape index (κ1) is 13.3. The number of rotatable bonds is 5. The van der Waals surface area contributed by atoms with Gasteiger partial charge >= 0.3 is 5.97 Å². The molecule has 17 heavy (non-hydrogen) atoms. The predicted molar refractivity (Wildman–Crippen MR) is 64.7 cm³/mol. The Morgan fingerprint density at radius 1 is 1.47 bits per heavy atom. The highest BCUT2D eigenvalue weighted by Crippen LogP contribution is 2.18. The van der Waals surface area contributed by atoms with Crippen LogP contribution in [-0.4, -0.2) is 30.9 Å². The molecule has 0 spiro atoms. The molecule has 1 aromatic carbocycles. The van der Waals surface area contributed by atoms with Gasteiger partial charge in [0.2, 0.25) is 0 Å². The van der Waals surface area contributed by atoms with Crippen LogP contribution < -0.4 is 4.74 Å². The monoisotopic (exact) mass is 236 g/mol. The first-order valence-electron chi connectivity index (χ1n) is 5.35. The number of aliphatic hydroxyl groups is 1. The van der Waals surface area contributed by atoms with Crippen molar-refractivity contribution in [1.29, 1.82) is 0 Å². The van der Waals surface area contributed by atoms with Crippen molar-refractivity contribution >= 4 is 12.0 Å². The molecule has 1 aromatic rings. The highest BCUT2D eigenvalue weighted by Gasteiger charge is 2.11. The SMILES string of the molecule is CCOC(=O)[C@H](O)/C=C/c1ccccc1OC. The number of esters is 1. The summed E-state index contributed by atoms with van der Waals surface area (Å²) in [6, 6.07) is 7.32. The van der Waals surface area contributed by atoms with Crippen molar-refractivity contribution in [2.45, 2.75) is 13.0 Å². The largest absolute Gasteiger partial charge is 0.496 e. The highest BCUT2D eigenvalue weighted by atomic mass is 16.5. The molecule has 0 aliphatic heterocycles. The predicted octanol–water partition coefficient (Wildman–Crippen LogP) is 1.63. The van der Waals surface area contributed by atoms with Crippen molar-refractivity contribution in [3.05, 3.63) is 35.9 Å². The molecule has 0 radical (unpaired) electrons. The Balaban J connectivity index is 2.73. The molecular formula is C13H16O4. The van der Waals surface area contributed by atoms with Crippen LogP contribution in [0.3, 0.4) is 0 Å². The number of methoxy groups -OCH3 is 1. The Hall–Kier alpha value is -1.81. The fourth-order valence-corrected chi connectivity index (χ4v) is 1.31. The van der Waals surface area contributed by atoms with Crippen LogP contribution in [0.2, 0.25) is 0 Å². The fraction of sp³-hybridized carbons (Fsp3) is 0.308. The zero-order valence-corrected chi connectivity index (χ0v) is 9.92. The van der Waals surface area contributed by atoms with Gasteiger partial charge in [0.1, 0.15) is 5.75 Å². The zero-order valence-electron chi connectivity index (χ0n) is 9.92. The number of benzene rings is 1. The summed E-state index contributed by atoms with van der Waals surface area (Å²) in [6.07, 6.45) is 1.75. The number of hydrogen-bond donors (Lipinski definition) is 1. The number of para-hydroxylation sites is 1. The van der Waals surface area contributed by atoms with E-state index < -0.39 is 12.1 Å². The van der Waals surface area contributed by atoms with Crippen LogP contribution in [0.25, 0.3) is 6.08 Å². The van der Waals surface area contributed by atoms with Gasteiger partial charge < -0.3 is 14.6 Å². The van der Waals surface area contributed by atoms with Crippen LogP contribution in [0.1, 0.15) is 12.5 Å². The molecule has 0 aliphatic carbocycles. The van der Waals surface area contributed by atoms with Crippen LogP contribution in [0.15, 0.2) is 30.3 Å². The second-order valence-corrected chi connectivity index (χ2v) is 3.30. The lowest BCUT2D eigenvalue weighted by molar-refractivity contribution is -0.150. The van der Waals surface area contributed by atoms with Crippen molar-refractivity contribution in [2.75, 3.05) is 13.7 Å². The van der Waals surface area contributed by atoms with Crippen molar-refractivity contribution < 1.29 is 19.4 Å². The lowest BCUT2D eigenvalue weighted by atomic mass is 10.1. The van der Waals surface area contributed by atoms with E-state index in [9.17, 15) is 9.90 Å². The Bertz CT molecular complexity index is 398. The minimum Gasteiger partial charge on any atom is -0.496 e. The molecule has 1 N–H and O–H groups in total. The first-order chi connectivity index (χ1) is 8.19. The third-order valence-corrected chi connectivity index (χ3v) is 2.13. The van der Waals surface area contributed by atoms with Gasteiger partial charge in [-0.15, -0.1) is 0 Å². The van der Waals surface area contributed by atoms with E-state index in [1.807, 2.05) is 18.2 Å². The highest BCUT2D eigenvalue weighted by molar-refractivity contribution is 5.78. The lowest BCUT2D eigenvalue weighted by Crippen LogP contribution is -2.20. The zero-order chi connectivity index (χ0) is 12.7. The number of carbonyl (C=O) groups excluding carboxylic acids is 1. The third kappa shape index (κ3) is 3.92. The van der Waals surface area contributed by atoms with Gasteiger partial charge in [-0.1, -0.05) is 24.3 Å². The Labute approximate surface area is 100 Å². The van der Waals surface area contributed by atoms with Gasteiger partial charge in [0.05, 0.1) is 13.7 Å². The van der Waals surface area contributed by atoms with E-state index in [0.717, 1.165) is 5.56 Å². The molecule has 0 aliphatic rings. The van der Waals surface area contributed by atoms with E-state index >= 15 is 0 Å². The Morgan fingerprint density at radius 2 is 2.18 bits per heavy atom. The molecule has 0 unspecified atom stereocenters. The summed E-state index contributed by atoms with van der Waals surface area (Å²) in [5.41, 5.74) is 0.790. The molecular weight excluding hydrogens is 220 g/mol. The van der Waals surface area contributed by atoms with Crippen LogP contribution in [0.5, 0.6) is 5.75 Å². The molecule has 0 fully saturated rings. The third-order valence-electron chi connectivity index (χ3n) is 2.13. The molecule has 0 heterocycles. The summed E-state index contributed by atoms with van der Waals surface area (Å²) < 4.78 is 9.81. The van der Waals surface area contributed by atoms with E-state index in [-0.39, 0.29) is 6.61 Å². The van der Waals surface area contributed by atoms with Crippen LogP contribution in [0, 0.1) is 0 Å². The first-order valence-corrected chi connectivity index (χ1v) is 5.35. The van der Waals surface area contributed by atoms with Gasteiger partial charge in [0.15, 0.2) is 6.10 Å². The average Bonchev–Trinajstić information content (AvgIpc) is 2.36. The molecule has 4 heteroatoms. The molecule has 4 nitrogen and oxygen atoms in total. The standard InChI is InChI=1S/C13H16O4/c1-3-17-13(15)11(14)9-8-10-6-4-5-7-12(10)16-2/h4-9,11,14H,3H2,1-2H3/b9-8+/t11-/m1/s1. The van der Waals surface area contributed by atoms with E-state index in [2.05, 4.69) is 4.74 Å². The van der Waals surface area contributed by atoms with E-state index in [1.165, 1.54) is 6.08 Å². The van der Waals surface area contributed by atoms with Crippen molar-refractivity contribution in [3.8, 4) is 5.75 Å². The Kier molecular flexibility index (Phi) is 5.23. The van der Waals surface area contributed by atoms with Gasteiger partial charge in [-0.05, 0) is 19.1 Å². The van der Waals surface area contributed by atoms with Gasteiger partial charge in [-0.25, -0.2) is 4.79 Å². The number of hydrogen-bond acceptors (Lipinski definition) is 4. The van der Waals surface area contributed by atoms with Gasteiger partial charge in [-0.2, -0.15) is 0 Å². The summed E-state index contributed by atoms with van der Waals surface area (Å²) in [5.74, 6) is 0.0263. The average molecular weight is 236 g/mol. The van der Waals surface area contributed by atoms with Crippen molar-refractivity contribution in [3.63, 3.8) is 0 Å². The molecule has 0 bridgehead atoms. The summed E-state index contributed by atoms with van der Waals surface area (Å²) >= 11 is 0. The lowest BCUT2D eigenvalue weighted by Gasteiger charge is -2.06. The minimum atomic E-state index is -1.25. The van der Waals surface area contributed by atoms with Crippen LogP contribution in [-0.2, 0) is 9.53 Å². The van der Waals surface area contributed by atoms with Crippen molar-refractivity contribution in [1.82, 2.24) is 0 Å². The van der Waals surface area contributed by atoms with Crippen LogP contribution in [0.4, 0.5) is 0 Å². The normalized spacial score (nSPS) is 12.4. The van der Waals surface area contributed by atoms with E-state index in [0.29, 0.717) is 5.75 Å². The summed E-state index contributed by atoms with van der Waals surface area (Å²) in [5, 5.41) is 9.47. The van der Waals surface area contributed by atoms with E-state index in [4.69, 9.17) is 4.74 Å². The molecule has 0 saturated heterocycles. The minimum absolute atomic E-state index is 0.248. The maximum atomic E-state index is 11.2. The summed E-state index contributed by atoms with van der Waals surface area (Å²) in [4.78, 5) is 11.2. The molecule has 92 valence electrons. The molecule has 1 rings (SSSR count). The molecule has 0 saturated carbocycles. The van der Waals surface area contributed by atoms with E-state index in [1.54, 1.807) is 26.2 Å². The smallest absolute Gasteiger partial charge is 0.339 e. The summed E-state index contributed by atoms with van der Waals surface area (Å²) in [7, 11) is 1.56. The molecule has 0 amide bonds. The molecule has 1 atom stereocenters. The second-order valence-electron chi connectivity index (χ2n) is 3.30. The Morgan fingerprint density at radius 3 is 2.82 bits per heavy atom. The van der Waals surface area contributed by atoms with Gasteiger partial charge in [0, 0.05) is 5.56 Å².